The van der Waals surface area contributed by atoms with Gasteiger partial charge in [0.2, 0.25) is 0 Å². The Hall–Kier alpha value is -0.200. The molecule has 0 aliphatic rings. The molecule has 0 heterocycles. The normalized spacial score (nSPS) is 7.91. The third-order valence-corrected chi connectivity index (χ3v) is 1.34. The zero-order valence-corrected chi connectivity index (χ0v) is 17.8. The Kier molecular flexibility index (Phi) is 35.0. The van der Waals surface area contributed by atoms with Gasteiger partial charge in [-0.2, -0.15) is 0 Å². The van der Waals surface area contributed by atoms with Crippen LogP contribution in [0, 0.1) is 0 Å². The predicted octanol–water partition coefficient (Wildman–Crippen LogP) is -1.74. The number of hydrogen-bond acceptors (Lipinski definition) is 6. The molecule has 122 valence electrons. The van der Waals surface area contributed by atoms with Gasteiger partial charge in [0.05, 0.1) is 0 Å². The summed E-state index contributed by atoms with van der Waals surface area (Å²) in [4.78, 5) is 36.0. The Balaban J connectivity index is -0.0000000555. The summed E-state index contributed by atoms with van der Waals surface area (Å²) in [5.41, 5.74) is 10.8. The molecule has 0 atom stereocenters. The molecule has 10 nitrogen and oxygen atoms in total. The monoisotopic (exact) mass is 344 g/mol. The van der Waals surface area contributed by atoms with Crippen molar-refractivity contribution in [2.45, 2.75) is 27.7 Å². The molecule has 0 aliphatic carbocycles. The van der Waals surface area contributed by atoms with Crippen LogP contribution in [0.4, 0.5) is 0 Å². The molecule has 0 bridgehead atoms. The summed E-state index contributed by atoms with van der Waals surface area (Å²) in [7, 11) is 0. The first-order valence-electron chi connectivity index (χ1n) is 5.76. The van der Waals surface area contributed by atoms with Gasteiger partial charge in [0, 0.05) is 27.7 Å². The fourth-order valence-corrected chi connectivity index (χ4v) is 0. The quantitative estimate of drug-likeness (QED) is 0.296. The van der Waals surface area contributed by atoms with Gasteiger partial charge in [-0.3, -0.25) is 19.2 Å². The van der Waals surface area contributed by atoms with E-state index in [1.165, 1.54) is 0 Å². The van der Waals surface area contributed by atoms with E-state index in [0.717, 1.165) is 83.6 Å². The van der Waals surface area contributed by atoms with Crippen LogP contribution in [0.2, 0.25) is 0 Å². The zero-order chi connectivity index (χ0) is 19.5. The van der Waals surface area contributed by atoms with Crippen LogP contribution in [0.1, 0.15) is 27.7 Å². The molecule has 0 rings (SSSR count). The van der Waals surface area contributed by atoms with Gasteiger partial charge in [-0.15, -0.1) is 0 Å². The van der Waals surface area contributed by atoms with Crippen LogP contribution in [0.15, 0.2) is 0 Å². The summed E-state index contributed by atoms with van der Waals surface area (Å²) >= 11 is 2.09. The maximum atomic E-state index is 9.00. The molecule has 0 radical (unpaired) electrons. The third-order valence-electron chi connectivity index (χ3n) is 0.526. The van der Waals surface area contributed by atoms with E-state index in [0.29, 0.717) is 6.54 Å². The molecule has 0 amide bonds. The number of carboxylic acids is 4. The number of carboxylic acid groups (broad SMARTS) is 4. The molecule has 12 heteroatoms. The van der Waals surface area contributed by atoms with Crippen molar-refractivity contribution in [2.24, 2.45) is 11.5 Å². The van der Waals surface area contributed by atoms with Gasteiger partial charge in [-0.1, -0.05) is 0 Å². The van der Waals surface area contributed by atoms with Crippen LogP contribution in [0.3, 0.4) is 0 Å². The van der Waals surface area contributed by atoms with Gasteiger partial charge in [-0.05, 0) is 0 Å². The molecule has 22 heavy (non-hydrogen) atoms. The molecule has 0 spiro atoms. The van der Waals surface area contributed by atoms with Gasteiger partial charge < -0.3 is 20.4 Å². The Morgan fingerprint density at radius 3 is 0.818 bits per heavy atom. The van der Waals surface area contributed by atoms with Crippen molar-refractivity contribution >= 4 is 79.7 Å². The second-order valence-corrected chi connectivity index (χ2v) is 10.8. The van der Waals surface area contributed by atoms with E-state index in [1.54, 1.807) is 0 Å². The van der Waals surface area contributed by atoms with Crippen LogP contribution >= 0.6 is 0 Å². The average molecular weight is 344 g/mol. The fourth-order valence-electron chi connectivity index (χ4n) is 0. The Bertz CT molecular complexity index is 255. The third kappa shape index (κ3) is 893. The van der Waals surface area contributed by atoms with Gasteiger partial charge in [-0.25, -0.2) is 0 Å². The van der Waals surface area contributed by atoms with E-state index >= 15 is 0 Å². The summed E-state index contributed by atoms with van der Waals surface area (Å²) in [5, 5.41) is 29.7. The van der Waals surface area contributed by atoms with Crippen molar-refractivity contribution in [2.75, 3.05) is 6.54 Å². The van der Waals surface area contributed by atoms with Crippen LogP contribution < -0.4 is 11.5 Å². The molecule has 8 N–H and O–H groups in total. The Morgan fingerprint density at radius 1 is 0.773 bits per heavy atom. The van der Waals surface area contributed by atoms with Crippen molar-refractivity contribution in [1.29, 1.82) is 0 Å². The number of hydrogen-bond donors (Lipinski definition) is 6. The predicted molar refractivity (Wildman–Crippen MR) is 80.7 cm³/mol. The number of aliphatic carboxylic acids is 4. The molecule has 0 aliphatic heterocycles. The molecule has 0 saturated heterocycles. The Labute approximate surface area is 164 Å². The van der Waals surface area contributed by atoms with Gasteiger partial charge in [0.1, 0.15) is 0 Å². The van der Waals surface area contributed by atoms with E-state index in [9.17, 15) is 0 Å². The van der Waals surface area contributed by atoms with Crippen molar-refractivity contribution < 1.29 is 39.6 Å². The summed E-state index contributed by atoms with van der Waals surface area (Å²) < 4.78 is 0.0972. The molecule has 0 aromatic rings. The van der Waals surface area contributed by atoms with Crippen LogP contribution in [0.5, 0.6) is 0 Å². The van der Waals surface area contributed by atoms with Gasteiger partial charge in [0.25, 0.3) is 23.9 Å². The van der Waals surface area contributed by atoms with Gasteiger partial charge in [0.15, 0.2) is 0 Å². The van der Waals surface area contributed by atoms with Crippen LogP contribution in [0.25, 0.3) is 0 Å². The molecule has 0 fully saturated rings. The maximum absolute atomic E-state index is 9.00. The van der Waals surface area contributed by atoms with E-state index in [4.69, 9.17) is 51.1 Å². The van der Waals surface area contributed by atoms with E-state index in [2.05, 4.69) is 0 Å². The number of carbonyl (C=O) groups is 4. The fraction of sp³-hybridized carbons (Fsp3) is 0.600. The molecule has 0 aromatic carbocycles. The first-order valence-corrected chi connectivity index (χ1v) is 7.76. The topological polar surface area (TPSA) is 201 Å². The molecule has 0 unspecified atom stereocenters. The number of rotatable bonds is 1. The van der Waals surface area contributed by atoms with E-state index in [-0.39, 0.29) is 0.0379 Å². The standard InChI is InChI=1S/C2H6N2.4C2H4O2.2Na/c3-1-2-4;4*1-2(3)4;;/h1,3-4H2;4*1H3,(H,3,4);;. The van der Waals surface area contributed by atoms with Gasteiger partial charge >= 0.3 is 73.9 Å². The molecule has 0 aromatic heterocycles. The van der Waals surface area contributed by atoms with E-state index in [1.807, 2.05) is 0 Å². The SMILES string of the molecule is CC(=O)O.CC(=O)O.CC(=O)O.CC(=O)O.NC[C](N)([Na])[Na]. The van der Waals surface area contributed by atoms with Crippen LogP contribution in [-0.4, -0.2) is 107 Å². The molecular weight excluding hydrogens is 322 g/mol. The second-order valence-electron chi connectivity index (χ2n) is 4.27. The van der Waals surface area contributed by atoms with Crippen molar-refractivity contribution in [3.63, 3.8) is 0 Å². The molecule has 0 saturated carbocycles. The first kappa shape index (κ1) is 33.4. The van der Waals surface area contributed by atoms with Crippen LogP contribution in [-0.2, 0) is 19.2 Å². The second kappa shape index (κ2) is 23.1. The molecular formula is C10H22N2Na2O8. The average Bonchev–Trinajstić information content (AvgIpc) is 2.12. The van der Waals surface area contributed by atoms with Crippen molar-refractivity contribution in [1.82, 2.24) is 0 Å². The summed E-state index contributed by atoms with van der Waals surface area (Å²) in [5.74, 6) is -3.33. The van der Waals surface area contributed by atoms with Crippen molar-refractivity contribution in [3.8, 4) is 0 Å². The van der Waals surface area contributed by atoms with E-state index < -0.39 is 23.9 Å². The first-order chi connectivity index (χ1) is 9.49. The number of nitrogens with two attached hydrogens (primary N) is 2. The zero-order valence-electron chi connectivity index (χ0n) is 13.8. The van der Waals surface area contributed by atoms with Crippen molar-refractivity contribution in [3.05, 3.63) is 0 Å². The minimum absolute atomic E-state index is 0.0972. The summed E-state index contributed by atoms with van der Waals surface area (Å²) in [6.45, 7) is 5.01. The minimum atomic E-state index is -0.833. The Morgan fingerprint density at radius 2 is 0.818 bits per heavy atom. The summed E-state index contributed by atoms with van der Waals surface area (Å²) in [6.07, 6.45) is 0. The summed E-state index contributed by atoms with van der Waals surface area (Å²) in [6, 6.07) is 0.